The molecule has 1 aliphatic heterocycles. The molecule has 19 heavy (non-hydrogen) atoms. The predicted molar refractivity (Wildman–Crippen MR) is 70.4 cm³/mol. The van der Waals surface area contributed by atoms with Gasteiger partial charge in [-0.3, -0.25) is 4.79 Å². The van der Waals surface area contributed by atoms with Gasteiger partial charge in [0.25, 0.3) is 0 Å². The van der Waals surface area contributed by atoms with Gasteiger partial charge in [-0.05, 0) is 37.8 Å². The molecule has 0 bridgehead atoms. The van der Waals surface area contributed by atoms with Crippen molar-refractivity contribution in [2.75, 3.05) is 13.2 Å². The van der Waals surface area contributed by atoms with Crippen LogP contribution in [0.3, 0.4) is 0 Å². The maximum Gasteiger partial charge on any atom is 0.226 e. The smallest absolute Gasteiger partial charge is 0.226 e. The minimum atomic E-state index is 0.248. The molecule has 0 radical (unpaired) electrons. The summed E-state index contributed by atoms with van der Waals surface area (Å²) in [7, 11) is 0. The van der Waals surface area contributed by atoms with Gasteiger partial charge in [-0.1, -0.05) is 6.42 Å². The minimum Gasteiger partial charge on any atom is -0.467 e. The lowest BCUT2D eigenvalue weighted by Gasteiger charge is -2.38. The molecule has 1 saturated carbocycles. The van der Waals surface area contributed by atoms with Crippen molar-refractivity contribution in [3.05, 3.63) is 24.2 Å². The first-order valence-electron chi connectivity index (χ1n) is 7.25. The summed E-state index contributed by atoms with van der Waals surface area (Å²) < 4.78 is 10.8. The van der Waals surface area contributed by atoms with Gasteiger partial charge in [0.05, 0.1) is 12.8 Å². The number of hydrogen-bond acceptors (Lipinski definition) is 3. The van der Waals surface area contributed by atoms with Crippen LogP contribution in [-0.2, 0) is 16.1 Å². The standard InChI is InChI=1S/C15H21NO3/c17-15(12-3-1-4-12)16(11-14-5-2-8-19-14)13-6-9-18-10-7-13/h2,5,8,12-13H,1,3-4,6-7,9-11H2. The van der Waals surface area contributed by atoms with Gasteiger partial charge < -0.3 is 14.1 Å². The van der Waals surface area contributed by atoms with Gasteiger partial charge in [0.2, 0.25) is 5.91 Å². The monoisotopic (exact) mass is 263 g/mol. The molecule has 1 aromatic rings. The summed E-state index contributed by atoms with van der Waals surface area (Å²) in [4.78, 5) is 14.6. The van der Waals surface area contributed by atoms with Crippen molar-refractivity contribution in [3.63, 3.8) is 0 Å². The lowest BCUT2D eigenvalue weighted by molar-refractivity contribution is -0.143. The first-order valence-corrected chi connectivity index (χ1v) is 7.25. The molecule has 0 unspecified atom stereocenters. The van der Waals surface area contributed by atoms with Crippen molar-refractivity contribution in [1.82, 2.24) is 4.90 Å². The minimum absolute atomic E-state index is 0.248. The van der Waals surface area contributed by atoms with E-state index in [0.717, 1.165) is 44.7 Å². The molecule has 0 aromatic carbocycles. The molecular weight excluding hydrogens is 242 g/mol. The van der Waals surface area contributed by atoms with Gasteiger partial charge in [0, 0.05) is 25.2 Å². The molecule has 1 saturated heterocycles. The number of furan rings is 1. The van der Waals surface area contributed by atoms with Crippen LogP contribution in [-0.4, -0.2) is 30.1 Å². The average Bonchev–Trinajstić information content (AvgIpc) is 2.87. The van der Waals surface area contributed by atoms with E-state index in [1.807, 2.05) is 17.0 Å². The maximum atomic E-state index is 12.6. The van der Waals surface area contributed by atoms with Crippen molar-refractivity contribution in [3.8, 4) is 0 Å². The second kappa shape index (κ2) is 5.78. The van der Waals surface area contributed by atoms with E-state index in [-0.39, 0.29) is 5.92 Å². The number of rotatable bonds is 4. The summed E-state index contributed by atoms with van der Waals surface area (Å²) in [5.41, 5.74) is 0. The molecule has 4 nitrogen and oxygen atoms in total. The number of hydrogen-bond donors (Lipinski definition) is 0. The summed E-state index contributed by atoms with van der Waals surface area (Å²) in [5, 5.41) is 0. The van der Waals surface area contributed by atoms with E-state index in [1.165, 1.54) is 6.42 Å². The Hall–Kier alpha value is -1.29. The normalized spacial score (nSPS) is 21.1. The van der Waals surface area contributed by atoms with Crippen molar-refractivity contribution in [1.29, 1.82) is 0 Å². The Kier molecular flexibility index (Phi) is 3.87. The van der Waals surface area contributed by atoms with E-state index in [1.54, 1.807) is 6.26 Å². The van der Waals surface area contributed by atoms with Crippen LogP contribution >= 0.6 is 0 Å². The topological polar surface area (TPSA) is 42.7 Å². The Bertz CT molecular complexity index is 405. The van der Waals surface area contributed by atoms with Crippen molar-refractivity contribution < 1.29 is 13.9 Å². The van der Waals surface area contributed by atoms with Crippen LogP contribution in [0.4, 0.5) is 0 Å². The van der Waals surface area contributed by atoms with Gasteiger partial charge in [-0.15, -0.1) is 0 Å². The molecule has 2 heterocycles. The molecule has 4 heteroatoms. The first-order chi connectivity index (χ1) is 9.34. The van der Waals surface area contributed by atoms with Crippen LogP contribution in [0.15, 0.2) is 22.8 Å². The summed E-state index contributed by atoms with van der Waals surface area (Å²) in [5.74, 6) is 1.44. The van der Waals surface area contributed by atoms with Gasteiger partial charge in [-0.2, -0.15) is 0 Å². The van der Waals surface area contributed by atoms with Gasteiger partial charge in [0.15, 0.2) is 0 Å². The summed E-state index contributed by atoms with van der Waals surface area (Å²) >= 11 is 0. The highest BCUT2D eigenvalue weighted by molar-refractivity contribution is 5.79. The molecule has 0 N–H and O–H groups in total. The van der Waals surface area contributed by atoms with Crippen molar-refractivity contribution in [2.45, 2.75) is 44.7 Å². The number of carbonyl (C=O) groups excluding carboxylic acids is 1. The number of amides is 1. The Morgan fingerprint density at radius 2 is 2.05 bits per heavy atom. The SMILES string of the molecule is O=C(C1CCC1)N(Cc1ccco1)C1CCOCC1. The molecule has 2 fully saturated rings. The third kappa shape index (κ3) is 2.84. The van der Waals surface area contributed by atoms with E-state index in [0.29, 0.717) is 18.5 Å². The van der Waals surface area contributed by atoms with E-state index in [2.05, 4.69) is 0 Å². The highest BCUT2D eigenvalue weighted by Gasteiger charge is 2.34. The zero-order chi connectivity index (χ0) is 13.1. The highest BCUT2D eigenvalue weighted by Crippen LogP contribution is 2.31. The summed E-state index contributed by atoms with van der Waals surface area (Å²) in [6.07, 6.45) is 6.86. The lowest BCUT2D eigenvalue weighted by Crippen LogP contribution is -2.46. The maximum absolute atomic E-state index is 12.6. The van der Waals surface area contributed by atoms with Gasteiger partial charge in [0.1, 0.15) is 5.76 Å². The van der Waals surface area contributed by atoms with Crippen molar-refractivity contribution in [2.24, 2.45) is 5.92 Å². The molecule has 1 aliphatic carbocycles. The van der Waals surface area contributed by atoms with Crippen LogP contribution in [0.5, 0.6) is 0 Å². The zero-order valence-electron chi connectivity index (χ0n) is 11.2. The highest BCUT2D eigenvalue weighted by atomic mass is 16.5. The summed E-state index contributed by atoms with van der Waals surface area (Å²) in [6, 6.07) is 4.14. The molecule has 2 aliphatic rings. The molecule has 1 aromatic heterocycles. The molecule has 104 valence electrons. The summed E-state index contributed by atoms with van der Waals surface area (Å²) in [6.45, 7) is 2.13. The molecule has 0 atom stereocenters. The molecule has 3 rings (SSSR count). The lowest BCUT2D eigenvalue weighted by atomic mass is 9.83. The van der Waals surface area contributed by atoms with Crippen LogP contribution < -0.4 is 0 Å². The van der Waals surface area contributed by atoms with E-state index in [4.69, 9.17) is 9.15 Å². The Morgan fingerprint density at radius 1 is 1.26 bits per heavy atom. The quantitative estimate of drug-likeness (QED) is 0.838. The van der Waals surface area contributed by atoms with E-state index < -0.39 is 0 Å². The first kappa shape index (κ1) is 12.7. The van der Waals surface area contributed by atoms with E-state index in [9.17, 15) is 4.79 Å². The van der Waals surface area contributed by atoms with Crippen molar-refractivity contribution >= 4 is 5.91 Å². The predicted octanol–water partition coefficient (Wildman–Crippen LogP) is 2.59. The van der Waals surface area contributed by atoms with Crippen LogP contribution in [0, 0.1) is 5.92 Å². The number of ether oxygens (including phenoxy) is 1. The Morgan fingerprint density at radius 3 is 2.63 bits per heavy atom. The Balaban J connectivity index is 1.71. The van der Waals surface area contributed by atoms with E-state index >= 15 is 0 Å². The van der Waals surface area contributed by atoms with Gasteiger partial charge in [-0.25, -0.2) is 0 Å². The van der Waals surface area contributed by atoms with Crippen LogP contribution in [0.1, 0.15) is 37.9 Å². The number of carbonyl (C=O) groups is 1. The second-order valence-electron chi connectivity index (χ2n) is 5.52. The molecular formula is C15H21NO3. The third-order valence-corrected chi connectivity index (χ3v) is 4.28. The van der Waals surface area contributed by atoms with Crippen LogP contribution in [0.2, 0.25) is 0 Å². The fourth-order valence-corrected chi connectivity index (χ4v) is 2.84. The second-order valence-corrected chi connectivity index (χ2v) is 5.52. The van der Waals surface area contributed by atoms with Crippen LogP contribution in [0.25, 0.3) is 0 Å². The molecule has 1 amide bonds. The zero-order valence-corrected chi connectivity index (χ0v) is 11.2. The fourth-order valence-electron chi connectivity index (χ4n) is 2.84. The largest absolute Gasteiger partial charge is 0.467 e. The Labute approximate surface area is 113 Å². The van der Waals surface area contributed by atoms with Gasteiger partial charge >= 0.3 is 0 Å². The average molecular weight is 263 g/mol. The fraction of sp³-hybridized carbons (Fsp3) is 0.667. The third-order valence-electron chi connectivity index (χ3n) is 4.28. The number of nitrogens with zero attached hydrogens (tertiary/aromatic N) is 1. The molecule has 0 spiro atoms.